The van der Waals surface area contributed by atoms with Crippen LogP contribution in [0.2, 0.25) is 0 Å². The lowest BCUT2D eigenvalue weighted by molar-refractivity contribution is 0.304. The third-order valence-electron chi connectivity index (χ3n) is 2.55. The maximum absolute atomic E-state index is 13.4. The highest BCUT2D eigenvalue weighted by Gasteiger charge is 2.01. The highest BCUT2D eigenvalue weighted by molar-refractivity contribution is 5.40. The first-order chi connectivity index (χ1) is 9.67. The van der Waals surface area contributed by atoms with Gasteiger partial charge in [0.2, 0.25) is 0 Å². The number of halogens is 1. The van der Waals surface area contributed by atoms with E-state index < -0.39 is 5.82 Å². The molecule has 2 rings (SSSR count). The zero-order valence-corrected chi connectivity index (χ0v) is 10.8. The lowest BCUT2D eigenvalue weighted by Gasteiger charge is -2.07. The monoisotopic (exact) mass is 271 g/mol. The molecule has 2 aromatic carbocycles. The van der Waals surface area contributed by atoms with Gasteiger partial charge in [-0.1, -0.05) is 24.0 Å². The van der Waals surface area contributed by atoms with Crippen molar-refractivity contribution >= 4 is 0 Å². The van der Waals surface area contributed by atoms with Crippen molar-refractivity contribution in [2.24, 2.45) is 5.73 Å². The molecule has 0 saturated heterocycles. The van der Waals surface area contributed by atoms with E-state index in [0.717, 1.165) is 5.56 Å². The van der Waals surface area contributed by atoms with Crippen LogP contribution in [0.4, 0.5) is 4.39 Å². The lowest BCUT2D eigenvalue weighted by atomic mass is 10.2. The number of hydrogen-bond donors (Lipinski definition) is 2. The fraction of sp³-hybridized carbons (Fsp3) is 0.125. The van der Waals surface area contributed by atoms with Crippen molar-refractivity contribution in [3.8, 4) is 23.3 Å². The van der Waals surface area contributed by atoms with E-state index in [4.69, 9.17) is 10.5 Å². The molecule has 0 bridgehead atoms. The van der Waals surface area contributed by atoms with Crippen LogP contribution in [0, 0.1) is 17.7 Å². The van der Waals surface area contributed by atoms with Crippen LogP contribution in [0.5, 0.6) is 11.5 Å². The smallest absolute Gasteiger partial charge is 0.128 e. The second kappa shape index (κ2) is 6.60. The molecule has 0 radical (unpaired) electrons. The molecule has 0 aromatic heterocycles. The van der Waals surface area contributed by atoms with Gasteiger partial charge in [-0.3, -0.25) is 0 Å². The summed E-state index contributed by atoms with van der Waals surface area (Å²) in [4.78, 5) is 0. The summed E-state index contributed by atoms with van der Waals surface area (Å²) in [7, 11) is 0. The molecule has 0 spiro atoms. The van der Waals surface area contributed by atoms with Gasteiger partial charge in [-0.25, -0.2) is 4.39 Å². The zero-order chi connectivity index (χ0) is 14.4. The van der Waals surface area contributed by atoms with E-state index in [-0.39, 0.29) is 18.9 Å². The third kappa shape index (κ3) is 4.01. The van der Waals surface area contributed by atoms with Crippen molar-refractivity contribution in [2.45, 2.75) is 6.61 Å². The van der Waals surface area contributed by atoms with E-state index >= 15 is 0 Å². The summed E-state index contributed by atoms with van der Waals surface area (Å²) in [6.45, 7) is 0.508. The Hall–Kier alpha value is -2.51. The molecule has 20 heavy (non-hydrogen) atoms. The molecule has 0 heterocycles. The molecule has 0 aliphatic heterocycles. The molecule has 0 amide bonds. The first-order valence-electron chi connectivity index (χ1n) is 6.07. The van der Waals surface area contributed by atoms with E-state index in [9.17, 15) is 9.50 Å². The van der Waals surface area contributed by atoms with Gasteiger partial charge in [0.15, 0.2) is 0 Å². The standard InChI is InChI=1S/C16H14FNO2/c17-14-8-13(2-1-7-18)9-16(10-14)20-11-12-3-5-15(19)6-4-12/h3-6,8-10,19H,7,11,18H2. The normalized spacial score (nSPS) is 9.70. The first kappa shape index (κ1) is 13.9. The molecule has 0 atom stereocenters. The molecule has 3 nitrogen and oxygen atoms in total. The Labute approximate surface area is 116 Å². The predicted molar refractivity (Wildman–Crippen MR) is 74.8 cm³/mol. The molecule has 0 saturated carbocycles. The van der Waals surface area contributed by atoms with Crippen molar-refractivity contribution in [3.05, 3.63) is 59.4 Å². The van der Waals surface area contributed by atoms with Gasteiger partial charge in [-0.15, -0.1) is 0 Å². The van der Waals surface area contributed by atoms with E-state index in [1.807, 2.05) is 0 Å². The van der Waals surface area contributed by atoms with E-state index in [0.29, 0.717) is 11.3 Å². The highest BCUT2D eigenvalue weighted by atomic mass is 19.1. The van der Waals surface area contributed by atoms with Crippen LogP contribution >= 0.6 is 0 Å². The minimum atomic E-state index is -0.408. The van der Waals surface area contributed by atoms with Crippen molar-refractivity contribution in [2.75, 3.05) is 6.54 Å². The van der Waals surface area contributed by atoms with Gasteiger partial charge in [-0.2, -0.15) is 0 Å². The molecule has 3 N–H and O–H groups in total. The largest absolute Gasteiger partial charge is 0.508 e. The molecule has 0 aliphatic carbocycles. The summed E-state index contributed by atoms with van der Waals surface area (Å²) in [5.74, 6) is 5.62. The molecule has 0 fully saturated rings. The minimum Gasteiger partial charge on any atom is -0.508 e. The summed E-state index contributed by atoms with van der Waals surface area (Å²) in [6.07, 6.45) is 0. The van der Waals surface area contributed by atoms with E-state index in [2.05, 4.69) is 11.8 Å². The Balaban J connectivity index is 2.09. The first-order valence-corrected chi connectivity index (χ1v) is 6.07. The van der Waals surface area contributed by atoms with Gasteiger partial charge in [0, 0.05) is 11.6 Å². The van der Waals surface area contributed by atoms with Crippen LogP contribution in [0.15, 0.2) is 42.5 Å². The van der Waals surface area contributed by atoms with Crippen LogP contribution in [0.1, 0.15) is 11.1 Å². The Morgan fingerprint density at radius 3 is 2.60 bits per heavy atom. The quantitative estimate of drug-likeness (QED) is 0.843. The van der Waals surface area contributed by atoms with Crippen LogP contribution in [-0.2, 0) is 6.61 Å². The predicted octanol–water partition coefficient (Wildman–Crippen LogP) is 2.42. The Morgan fingerprint density at radius 1 is 1.15 bits per heavy atom. The molecule has 102 valence electrons. The van der Waals surface area contributed by atoms with Crippen LogP contribution in [0.25, 0.3) is 0 Å². The van der Waals surface area contributed by atoms with Gasteiger partial charge in [0.05, 0.1) is 6.54 Å². The molecule has 4 heteroatoms. The van der Waals surface area contributed by atoms with Crippen molar-refractivity contribution < 1.29 is 14.2 Å². The van der Waals surface area contributed by atoms with Gasteiger partial charge < -0.3 is 15.6 Å². The fourth-order valence-electron chi connectivity index (χ4n) is 1.63. The summed E-state index contributed by atoms with van der Waals surface area (Å²) < 4.78 is 18.9. The average Bonchev–Trinajstić information content (AvgIpc) is 2.44. The molecule has 0 aliphatic rings. The Bertz CT molecular complexity index is 642. The van der Waals surface area contributed by atoms with Gasteiger partial charge in [-0.05, 0) is 29.8 Å². The fourth-order valence-corrected chi connectivity index (χ4v) is 1.63. The van der Waals surface area contributed by atoms with Gasteiger partial charge in [0.25, 0.3) is 0 Å². The lowest BCUT2D eigenvalue weighted by Crippen LogP contribution is -1.96. The van der Waals surface area contributed by atoms with Crippen molar-refractivity contribution in [3.63, 3.8) is 0 Å². The third-order valence-corrected chi connectivity index (χ3v) is 2.55. The number of rotatable bonds is 3. The Morgan fingerprint density at radius 2 is 1.90 bits per heavy atom. The van der Waals surface area contributed by atoms with Crippen molar-refractivity contribution in [1.29, 1.82) is 0 Å². The number of phenols is 1. The number of aromatic hydroxyl groups is 1. The van der Waals surface area contributed by atoms with Crippen molar-refractivity contribution in [1.82, 2.24) is 0 Å². The molecule has 2 aromatic rings. The zero-order valence-electron chi connectivity index (χ0n) is 10.8. The second-order valence-corrected chi connectivity index (χ2v) is 4.14. The van der Waals surface area contributed by atoms with Crippen LogP contribution in [-0.4, -0.2) is 11.7 Å². The molecular formula is C16H14FNO2. The summed E-state index contributed by atoms with van der Waals surface area (Å²) in [5.41, 5.74) is 6.68. The maximum Gasteiger partial charge on any atom is 0.128 e. The number of nitrogens with two attached hydrogens (primary N) is 1. The topological polar surface area (TPSA) is 55.5 Å². The summed E-state index contributed by atoms with van der Waals surface area (Å²) in [6, 6.07) is 10.9. The maximum atomic E-state index is 13.4. The number of ether oxygens (including phenoxy) is 1. The molecular weight excluding hydrogens is 257 g/mol. The van der Waals surface area contributed by atoms with Crippen LogP contribution in [0.3, 0.4) is 0 Å². The number of hydrogen-bond acceptors (Lipinski definition) is 3. The SMILES string of the molecule is NCC#Cc1cc(F)cc(OCc2ccc(O)cc2)c1. The average molecular weight is 271 g/mol. The van der Waals surface area contributed by atoms with Crippen LogP contribution < -0.4 is 10.5 Å². The van der Waals surface area contributed by atoms with Gasteiger partial charge >= 0.3 is 0 Å². The summed E-state index contributed by atoms with van der Waals surface area (Å²) in [5, 5.41) is 9.18. The highest BCUT2D eigenvalue weighted by Crippen LogP contribution is 2.18. The number of benzene rings is 2. The molecule has 0 unspecified atom stereocenters. The van der Waals surface area contributed by atoms with E-state index in [1.165, 1.54) is 12.1 Å². The van der Waals surface area contributed by atoms with Gasteiger partial charge in [0.1, 0.15) is 23.9 Å². The Kier molecular flexibility index (Phi) is 4.59. The summed E-state index contributed by atoms with van der Waals surface area (Å²) >= 11 is 0. The minimum absolute atomic E-state index is 0.193. The van der Waals surface area contributed by atoms with E-state index in [1.54, 1.807) is 30.3 Å². The second-order valence-electron chi connectivity index (χ2n) is 4.14. The number of phenolic OH excluding ortho intramolecular Hbond substituents is 1.